The number of rotatable bonds is 7. The summed E-state index contributed by atoms with van der Waals surface area (Å²) >= 11 is 0. The molecule has 1 aliphatic carbocycles. The van der Waals surface area contributed by atoms with Gasteiger partial charge in [-0.1, -0.05) is 20.8 Å². The molecular weight excluding hydrogens is 554 g/mol. The molecule has 0 unspecified atom stereocenters. The summed E-state index contributed by atoms with van der Waals surface area (Å²) < 4.78 is 10.2. The minimum Gasteiger partial charge on any atom is -0.494 e. The molecule has 1 saturated carbocycles. The van der Waals surface area contributed by atoms with Crippen LogP contribution in [0.3, 0.4) is 0 Å². The van der Waals surface area contributed by atoms with Crippen molar-refractivity contribution >= 4 is 33.9 Å². The predicted molar refractivity (Wildman–Crippen MR) is 170 cm³/mol. The monoisotopic (exact) mass is 597 g/mol. The lowest BCUT2D eigenvalue weighted by Gasteiger charge is -2.23. The van der Waals surface area contributed by atoms with Crippen molar-refractivity contribution in [1.29, 1.82) is 0 Å². The quantitative estimate of drug-likeness (QED) is 0.312. The number of hydrogen-bond acceptors (Lipinski definition) is 6. The van der Waals surface area contributed by atoms with E-state index in [-0.39, 0.29) is 36.0 Å². The number of nitrogens with one attached hydrogen (secondary N) is 1. The number of benzene rings is 1. The first-order valence-corrected chi connectivity index (χ1v) is 15.9. The zero-order valence-corrected chi connectivity index (χ0v) is 26.6. The lowest BCUT2D eigenvalue weighted by atomic mass is 9.95. The Morgan fingerprint density at radius 1 is 1.11 bits per heavy atom. The molecule has 3 fully saturated rings. The maximum Gasteiger partial charge on any atom is 0.254 e. The van der Waals surface area contributed by atoms with Crippen molar-refractivity contribution in [3.8, 4) is 17.3 Å². The topological polar surface area (TPSA) is 120 Å². The van der Waals surface area contributed by atoms with Crippen LogP contribution in [0.25, 0.3) is 33.6 Å². The van der Waals surface area contributed by atoms with Crippen LogP contribution >= 0.6 is 0 Å². The third-order valence-corrected chi connectivity index (χ3v) is 9.83. The van der Waals surface area contributed by atoms with E-state index < -0.39 is 5.41 Å². The minimum absolute atomic E-state index is 0.00472. The Bertz CT molecular complexity index is 1790. The molecule has 1 aromatic carbocycles. The molecule has 2 bridgehead atoms. The lowest BCUT2D eigenvalue weighted by Crippen LogP contribution is -2.40. The number of nitrogens with zero attached hydrogens (tertiary/aromatic N) is 5. The van der Waals surface area contributed by atoms with Gasteiger partial charge in [0.1, 0.15) is 16.9 Å². The van der Waals surface area contributed by atoms with Crippen LogP contribution in [0.2, 0.25) is 0 Å². The van der Waals surface area contributed by atoms with Crippen LogP contribution in [0.1, 0.15) is 81.9 Å². The number of ether oxygens (including phenoxy) is 1. The number of pyridine rings is 1. The van der Waals surface area contributed by atoms with Gasteiger partial charge in [-0.15, -0.1) is 0 Å². The molecule has 0 spiro atoms. The minimum atomic E-state index is -0.482. The molecule has 3 N–H and O–H groups in total. The van der Waals surface area contributed by atoms with Crippen molar-refractivity contribution in [2.45, 2.75) is 90.5 Å². The highest BCUT2D eigenvalue weighted by Gasteiger charge is 2.47. The van der Waals surface area contributed by atoms with Crippen molar-refractivity contribution in [3.05, 3.63) is 41.6 Å². The highest BCUT2D eigenvalue weighted by atomic mass is 16.5. The number of carbonyl (C=O) groups is 2. The van der Waals surface area contributed by atoms with Crippen LogP contribution in [0.5, 0.6) is 5.75 Å². The Hall–Kier alpha value is -3.92. The van der Waals surface area contributed by atoms with Gasteiger partial charge in [-0.3, -0.25) is 9.59 Å². The highest BCUT2D eigenvalue weighted by molar-refractivity contribution is 6.00. The first-order chi connectivity index (χ1) is 20.9. The Labute approximate surface area is 257 Å². The molecule has 44 heavy (non-hydrogen) atoms. The summed E-state index contributed by atoms with van der Waals surface area (Å²) in [4.78, 5) is 38.7. The molecule has 4 aromatic rings. The molecule has 2 saturated heterocycles. The fraction of sp³-hybridized carbons (Fsp3) is 0.529. The Kier molecular flexibility index (Phi) is 6.77. The van der Waals surface area contributed by atoms with Gasteiger partial charge in [0.2, 0.25) is 5.91 Å². The smallest absolute Gasteiger partial charge is 0.254 e. The van der Waals surface area contributed by atoms with Gasteiger partial charge in [-0.05, 0) is 75.3 Å². The molecule has 2 aliphatic heterocycles. The maximum atomic E-state index is 13.8. The van der Waals surface area contributed by atoms with Crippen LogP contribution in [0.4, 0.5) is 0 Å². The molecule has 3 aliphatic rings. The van der Waals surface area contributed by atoms with Crippen LogP contribution in [0.15, 0.2) is 30.3 Å². The van der Waals surface area contributed by atoms with E-state index in [2.05, 4.69) is 26.6 Å². The number of methoxy groups -OCH3 is 1. The summed E-state index contributed by atoms with van der Waals surface area (Å²) in [5.41, 5.74) is 10.7. The summed E-state index contributed by atoms with van der Waals surface area (Å²) in [5.74, 6) is 2.01. The summed E-state index contributed by atoms with van der Waals surface area (Å²) in [7, 11) is 3.64. The largest absolute Gasteiger partial charge is 0.494 e. The van der Waals surface area contributed by atoms with Crippen molar-refractivity contribution in [2.24, 2.45) is 24.1 Å². The van der Waals surface area contributed by atoms with Crippen LogP contribution in [-0.4, -0.2) is 61.1 Å². The fourth-order valence-electron chi connectivity index (χ4n) is 7.12. The van der Waals surface area contributed by atoms with Crippen molar-refractivity contribution in [2.75, 3.05) is 7.11 Å². The predicted octanol–water partition coefficient (Wildman–Crippen LogP) is 4.94. The first kappa shape index (κ1) is 28.8. The van der Waals surface area contributed by atoms with Gasteiger partial charge in [0.25, 0.3) is 5.91 Å². The maximum absolute atomic E-state index is 13.8. The molecule has 5 heterocycles. The second-order valence-corrected chi connectivity index (χ2v) is 14.1. The molecule has 2 amide bonds. The van der Waals surface area contributed by atoms with Crippen molar-refractivity contribution in [1.82, 2.24) is 29.3 Å². The number of carbonyl (C=O) groups excluding carboxylic acids is 2. The number of nitrogens with two attached hydrogens (primary N) is 1. The van der Waals surface area contributed by atoms with Gasteiger partial charge < -0.3 is 29.8 Å². The van der Waals surface area contributed by atoms with Crippen molar-refractivity contribution < 1.29 is 14.3 Å². The summed E-state index contributed by atoms with van der Waals surface area (Å²) in [6, 6.07) is 10.1. The third kappa shape index (κ3) is 4.74. The first-order valence-electron chi connectivity index (χ1n) is 15.9. The standard InChI is InChI=1S/C34H43N7O3/c1-18(36-33(43)34(2,3)4)24-11-9-20-14-27(40(30(20)37-24)17-19-7-8-19)31-38-25-13-21(15-28(44-6)29(25)39(31)5)32(42)41-22-10-12-26(41)23(35)16-22/h9,11,13-15,18-19,22-23,26H,7-8,10,12,16-17,35H2,1-6H3,(H,36,43)/t18-,22+,23-,26-/m1/s1. The van der Waals surface area contributed by atoms with E-state index in [0.717, 1.165) is 65.1 Å². The van der Waals surface area contributed by atoms with Gasteiger partial charge >= 0.3 is 0 Å². The Morgan fingerprint density at radius 2 is 1.89 bits per heavy atom. The van der Waals surface area contributed by atoms with Gasteiger partial charge in [0.05, 0.1) is 30.1 Å². The summed E-state index contributed by atoms with van der Waals surface area (Å²) in [6.07, 6.45) is 5.24. The normalized spacial score (nSPS) is 22.2. The fourth-order valence-corrected chi connectivity index (χ4v) is 7.12. The molecule has 3 aromatic heterocycles. The van der Waals surface area contributed by atoms with Gasteiger partial charge in [-0.25, -0.2) is 9.97 Å². The summed E-state index contributed by atoms with van der Waals surface area (Å²) in [5, 5.41) is 4.14. The van der Waals surface area contributed by atoms with Crippen molar-refractivity contribution in [3.63, 3.8) is 0 Å². The van der Waals surface area contributed by atoms with E-state index in [0.29, 0.717) is 17.2 Å². The average molecular weight is 598 g/mol. The third-order valence-electron chi connectivity index (χ3n) is 9.83. The average Bonchev–Trinajstić information content (AvgIpc) is 3.31. The van der Waals surface area contributed by atoms with Gasteiger partial charge in [-0.2, -0.15) is 0 Å². The number of hydrogen-bond donors (Lipinski definition) is 2. The van der Waals surface area contributed by atoms with Crippen LogP contribution < -0.4 is 15.8 Å². The van der Waals surface area contributed by atoms with E-state index >= 15 is 0 Å². The number of aryl methyl sites for hydroxylation is 1. The number of imidazole rings is 1. The van der Waals surface area contributed by atoms with Crippen LogP contribution in [-0.2, 0) is 18.4 Å². The van der Waals surface area contributed by atoms with Gasteiger partial charge in [0, 0.05) is 48.1 Å². The summed E-state index contributed by atoms with van der Waals surface area (Å²) in [6.45, 7) is 8.56. The molecule has 4 atom stereocenters. The van der Waals surface area contributed by atoms with Gasteiger partial charge in [0.15, 0.2) is 5.82 Å². The van der Waals surface area contributed by atoms with Crippen LogP contribution in [0, 0.1) is 11.3 Å². The van der Waals surface area contributed by atoms with E-state index in [1.807, 2.05) is 57.8 Å². The molecular formula is C34H43N7O3. The Balaban J connectivity index is 1.30. The Morgan fingerprint density at radius 3 is 2.52 bits per heavy atom. The molecule has 7 rings (SSSR count). The second kappa shape index (κ2) is 10.3. The van der Waals surface area contributed by atoms with E-state index in [9.17, 15) is 9.59 Å². The molecule has 232 valence electrons. The number of fused-ring (bicyclic) bond motifs is 4. The number of aromatic nitrogens is 4. The molecule has 10 nitrogen and oxygen atoms in total. The SMILES string of the molecule is COc1cc(C(=O)N2[C@H]3CC[C@@H]2[C@H](N)C3)cc2nc(-c3cc4ccc([C@@H](C)NC(=O)C(C)(C)C)nc4n3CC3CC3)n(C)c12. The van der Waals surface area contributed by atoms with E-state index in [1.54, 1.807) is 7.11 Å². The molecule has 10 heteroatoms. The molecule has 0 radical (unpaired) electrons. The second-order valence-electron chi connectivity index (χ2n) is 14.1. The lowest BCUT2D eigenvalue weighted by molar-refractivity contribution is -0.129. The van der Waals surface area contributed by atoms with E-state index in [1.165, 1.54) is 12.8 Å². The number of amides is 2. The highest BCUT2D eigenvalue weighted by Crippen LogP contribution is 2.40. The van der Waals surface area contributed by atoms with E-state index in [4.69, 9.17) is 20.4 Å². The zero-order valence-electron chi connectivity index (χ0n) is 26.6. The zero-order chi connectivity index (χ0) is 31.1.